The summed E-state index contributed by atoms with van der Waals surface area (Å²) >= 11 is 0. The van der Waals surface area contributed by atoms with Gasteiger partial charge in [0.1, 0.15) is 30.2 Å². The van der Waals surface area contributed by atoms with E-state index >= 15 is 0 Å². The highest BCUT2D eigenvalue weighted by Crippen LogP contribution is 2.67. The van der Waals surface area contributed by atoms with Crippen LogP contribution in [0.15, 0.2) is 0 Å². The van der Waals surface area contributed by atoms with Crippen molar-refractivity contribution in [3.05, 3.63) is 0 Å². The molecule has 16 nitrogen and oxygen atoms in total. The third-order valence-electron chi connectivity index (χ3n) is 18.1. The zero-order valence-electron chi connectivity index (χ0n) is 40.8. The molecule has 6 heterocycles. The number of fused-ring (bicyclic) bond motifs is 5. The third kappa shape index (κ3) is 8.96. The van der Waals surface area contributed by atoms with Crippen LogP contribution in [0, 0.1) is 28.6 Å². The molecule has 9 aliphatic rings. The lowest BCUT2D eigenvalue weighted by Crippen LogP contribution is -2.58. The van der Waals surface area contributed by atoms with Crippen LogP contribution < -0.4 is 0 Å². The molecule has 0 aromatic heterocycles. The fourth-order valence-electron chi connectivity index (χ4n) is 14.3. The smallest absolute Gasteiger partial charge is 0.172 e. The number of ether oxygens (including phenoxy) is 14. The first kappa shape index (κ1) is 49.1. The molecule has 3 aliphatic carbocycles. The molecule has 6 aliphatic heterocycles. The van der Waals surface area contributed by atoms with Crippen LogP contribution in [0.1, 0.15) is 126 Å². The lowest BCUT2D eigenvalue weighted by molar-refractivity contribution is -0.347. The molecule has 0 unspecified atom stereocenters. The average Bonchev–Trinajstić information content (AvgIpc) is 3.80. The summed E-state index contributed by atoms with van der Waals surface area (Å²) < 4.78 is 89.5. The summed E-state index contributed by atoms with van der Waals surface area (Å²) in [5, 5.41) is 10.4. The first-order valence-corrected chi connectivity index (χ1v) is 25.0. The second-order valence-electron chi connectivity index (χ2n) is 21.6. The molecular formula is C49H80O16. The fourth-order valence-corrected chi connectivity index (χ4v) is 14.3. The quantitative estimate of drug-likeness (QED) is 0.241. The Labute approximate surface area is 386 Å². The van der Waals surface area contributed by atoms with Gasteiger partial charge in [0, 0.05) is 78.8 Å². The number of carbonyl (C=O) groups excluding carboxylic acids is 1. The molecule has 0 aromatic carbocycles. The average molecular weight is 925 g/mol. The molecule has 3 saturated carbocycles. The van der Waals surface area contributed by atoms with Crippen LogP contribution >= 0.6 is 0 Å². The molecule has 9 fully saturated rings. The van der Waals surface area contributed by atoms with Gasteiger partial charge in [0.05, 0.1) is 72.6 Å². The maximum Gasteiger partial charge on any atom is 0.172 e. The number of methoxy groups -OCH3 is 4. The van der Waals surface area contributed by atoms with E-state index in [0.717, 1.165) is 44.9 Å². The minimum Gasteiger partial charge on any atom is -0.388 e. The Hall–Kier alpha value is -0.930. The zero-order valence-corrected chi connectivity index (χ0v) is 40.8. The highest BCUT2D eigenvalue weighted by Gasteiger charge is 2.70. The van der Waals surface area contributed by atoms with E-state index in [1.54, 1.807) is 28.4 Å². The van der Waals surface area contributed by atoms with Gasteiger partial charge in [0.2, 0.25) is 0 Å². The maximum atomic E-state index is 13.4. The highest BCUT2D eigenvalue weighted by molar-refractivity contribution is 5.88. The SMILES string of the molecule is CO[C@H]1C[C@H](O[C@@H]2[C@@H](C)O[C@@H](O[C@H]3CC[C@@]4(C)[C@@H](CC[C@@]56O[C@@H](C)[C@@H]7CCC(=O)[C@]7(C)[C@@H](C[C@@H]54)O6)C3)C[C@H]2OC)O[C@H](C)[C@H]1O[C@H]1C[C@@H](OC)[C@H](O[C@H]2C[C@@H](OC)[C@H](O)[C@@H](C)O2)[C@@H](C)O1. The van der Waals surface area contributed by atoms with Crippen LogP contribution in [0.4, 0.5) is 0 Å². The summed E-state index contributed by atoms with van der Waals surface area (Å²) in [6.07, 6.45) is 2.02. The lowest BCUT2D eigenvalue weighted by atomic mass is 9.52. The van der Waals surface area contributed by atoms with Crippen LogP contribution in [-0.4, -0.2) is 162 Å². The first-order valence-electron chi connectivity index (χ1n) is 25.0. The van der Waals surface area contributed by atoms with E-state index in [9.17, 15) is 9.90 Å². The van der Waals surface area contributed by atoms with Crippen molar-refractivity contribution in [2.45, 2.75) is 248 Å². The van der Waals surface area contributed by atoms with Crippen molar-refractivity contribution >= 4 is 5.78 Å². The molecule has 1 spiro atoms. The van der Waals surface area contributed by atoms with Gasteiger partial charge in [-0.05, 0) is 91.4 Å². The predicted molar refractivity (Wildman–Crippen MR) is 231 cm³/mol. The Morgan fingerprint density at radius 2 is 1.05 bits per heavy atom. The summed E-state index contributed by atoms with van der Waals surface area (Å²) in [5.41, 5.74) is -0.414. The second kappa shape index (κ2) is 19.3. The molecule has 25 atom stereocenters. The van der Waals surface area contributed by atoms with Gasteiger partial charge in [0.15, 0.2) is 30.9 Å². The van der Waals surface area contributed by atoms with E-state index in [1.807, 2.05) is 27.7 Å². The number of rotatable bonds is 12. The van der Waals surface area contributed by atoms with E-state index < -0.39 is 73.0 Å². The lowest BCUT2D eigenvalue weighted by Gasteiger charge is -2.57. The highest BCUT2D eigenvalue weighted by atomic mass is 16.8. The number of ketones is 1. The summed E-state index contributed by atoms with van der Waals surface area (Å²) in [5.74, 6) is 0.713. The summed E-state index contributed by atoms with van der Waals surface area (Å²) in [6.45, 7) is 14.5. The summed E-state index contributed by atoms with van der Waals surface area (Å²) in [7, 11) is 6.63. The van der Waals surface area contributed by atoms with E-state index in [2.05, 4.69) is 20.8 Å². The molecule has 0 radical (unpaired) electrons. The molecule has 16 heteroatoms. The van der Waals surface area contributed by atoms with Gasteiger partial charge in [-0.25, -0.2) is 0 Å². The second-order valence-corrected chi connectivity index (χ2v) is 21.6. The van der Waals surface area contributed by atoms with Gasteiger partial charge in [0.25, 0.3) is 0 Å². The van der Waals surface area contributed by atoms with Gasteiger partial charge in [-0.2, -0.15) is 0 Å². The third-order valence-corrected chi connectivity index (χ3v) is 18.1. The van der Waals surface area contributed by atoms with Crippen molar-refractivity contribution in [3.8, 4) is 0 Å². The largest absolute Gasteiger partial charge is 0.388 e. The van der Waals surface area contributed by atoms with E-state index in [4.69, 9.17) is 66.3 Å². The van der Waals surface area contributed by atoms with E-state index in [0.29, 0.717) is 43.8 Å². The van der Waals surface area contributed by atoms with Gasteiger partial charge >= 0.3 is 0 Å². The van der Waals surface area contributed by atoms with Crippen molar-refractivity contribution in [1.29, 1.82) is 0 Å². The van der Waals surface area contributed by atoms with Crippen molar-refractivity contribution in [2.24, 2.45) is 28.6 Å². The molecule has 65 heavy (non-hydrogen) atoms. The number of carbonyl (C=O) groups is 1. The van der Waals surface area contributed by atoms with E-state index in [-0.39, 0.29) is 72.2 Å². The standard InChI is InChI=1S/C49H80O16/c1-24-31-12-13-37(50)48(31,7)38-23-36-47(6)16-15-30(18-29(47)14-17-49(36,64-24)65-38)60-39-20-33(53-9)44(26(3)57-39)62-41-22-35(55-11)46(28(5)59-41)63-42-21-34(54-10)45(27(4)58-42)61-40-19-32(52-8)43(51)25(2)56-40/h24-36,38-46,51H,12-23H2,1-11H3/t24-,25+,26+,27+,28+,29-,30-,31-,32+,33+,34+,35-,36+,38+,39-,40-,41-,42-,43+,44+,45+,46+,47-,48+,49-/m0/s1. The van der Waals surface area contributed by atoms with Gasteiger partial charge < -0.3 is 71.4 Å². The molecule has 0 amide bonds. The van der Waals surface area contributed by atoms with Crippen molar-refractivity contribution in [2.75, 3.05) is 28.4 Å². The molecular weight excluding hydrogens is 845 g/mol. The molecule has 1 N–H and O–H groups in total. The molecule has 6 saturated heterocycles. The Kier molecular flexibility index (Phi) is 14.6. The number of aliphatic hydroxyl groups excluding tert-OH is 1. The fraction of sp³-hybridized carbons (Fsp3) is 0.980. The predicted octanol–water partition coefficient (Wildman–Crippen LogP) is 5.59. The summed E-state index contributed by atoms with van der Waals surface area (Å²) in [6, 6.07) is 0. The van der Waals surface area contributed by atoms with Crippen LogP contribution in [0.5, 0.6) is 0 Å². The Morgan fingerprint density at radius 1 is 0.554 bits per heavy atom. The van der Waals surface area contributed by atoms with Crippen molar-refractivity contribution < 1.29 is 76.2 Å². The van der Waals surface area contributed by atoms with Crippen LogP contribution in [0.3, 0.4) is 0 Å². The van der Waals surface area contributed by atoms with E-state index in [1.165, 1.54) is 0 Å². The van der Waals surface area contributed by atoms with Crippen LogP contribution in [0.25, 0.3) is 0 Å². The molecule has 372 valence electrons. The topological polar surface area (TPSA) is 167 Å². The Morgan fingerprint density at radius 3 is 1.57 bits per heavy atom. The van der Waals surface area contributed by atoms with Crippen LogP contribution in [0.2, 0.25) is 0 Å². The minimum atomic E-state index is -0.730. The normalized spacial score (nSPS) is 54.7. The maximum absolute atomic E-state index is 13.4. The first-order chi connectivity index (χ1) is 31.0. The number of hydrogen-bond acceptors (Lipinski definition) is 16. The van der Waals surface area contributed by atoms with Gasteiger partial charge in [-0.3, -0.25) is 4.79 Å². The molecule has 9 rings (SSSR count). The summed E-state index contributed by atoms with van der Waals surface area (Å²) in [4.78, 5) is 13.4. The zero-order chi connectivity index (χ0) is 46.2. The Balaban J connectivity index is 0.763. The van der Waals surface area contributed by atoms with Crippen molar-refractivity contribution in [1.82, 2.24) is 0 Å². The van der Waals surface area contributed by atoms with Crippen molar-refractivity contribution in [3.63, 3.8) is 0 Å². The number of aliphatic hydroxyl groups is 1. The van der Waals surface area contributed by atoms with Crippen LogP contribution in [-0.2, 0) is 71.1 Å². The van der Waals surface area contributed by atoms with Gasteiger partial charge in [-0.15, -0.1) is 0 Å². The Bertz CT molecular complexity index is 1640. The molecule has 0 aromatic rings. The minimum absolute atomic E-state index is 0.00770. The number of hydrogen-bond donors (Lipinski definition) is 1. The monoisotopic (exact) mass is 925 g/mol. The molecule has 2 bridgehead atoms. The number of Topliss-reactive ketones (excluding diaryl/α,β-unsaturated/α-hetero) is 1. The van der Waals surface area contributed by atoms with Gasteiger partial charge in [-0.1, -0.05) is 6.92 Å².